The lowest BCUT2D eigenvalue weighted by Gasteiger charge is -2.26. The van der Waals surface area contributed by atoms with E-state index < -0.39 is 0 Å². The second kappa shape index (κ2) is 6.17. The topological polar surface area (TPSA) is 29.3 Å². The van der Waals surface area contributed by atoms with Gasteiger partial charge >= 0.3 is 0 Å². The molecule has 0 amide bonds. The molecule has 1 heterocycles. The van der Waals surface area contributed by atoms with Crippen LogP contribution in [0.2, 0.25) is 0 Å². The summed E-state index contributed by atoms with van der Waals surface area (Å²) >= 11 is 1.74. The number of thiophene rings is 1. The van der Waals surface area contributed by atoms with Crippen LogP contribution in [0.5, 0.6) is 0 Å². The van der Waals surface area contributed by atoms with Gasteiger partial charge in [0.1, 0.15) is 5.82 Å². The average Bonchev–Trinajstić information content (AvgIpc) is 2.85. The maximum absolute atomic E-state index is 13.3. The van der Waals surface area contributed by atoms with Gasteiger partial charge < -0.3 is 5.73 Å². The Morgan fingerprint density at radius 3 is 2.68 bits per heavy atom. The maximum Gasteiger partial charge on any atom is 0.123 e. The second-order valence-corrected chi connectivity index (χ2v) is 5.95. The minimum Gasteiger partial charge on any atom is -0.398 e. The molecule has 0 fully saturated rings. The van der Waals surface area contributed by atoms with Crippen molar-refractivity contribution in [3.8, 4) is 0 Å². The first-order valence-electron chi connectivity index (χ1n) is 6.36. The van der Waals surface area contributed by atoms with E-state index in [1.807, 2.05) is 0 Å². The summed E-state index contributed by atoms with van der Waals surface area (Å²) in [4.78, 5) is 3.60. The zero-order chi connectivity index (χ0) is 13.8. The van der Waals surface area contributed by atoms with Crippen LogP contribution >= 0.6 is 11.3 Å². The van der Waals surface area contributed by atoms with Crippen molar-refractivity contribution in [2.75, 3.05) is 5.73 Å². The van der Waals surface area contributed by atoms with Crippen LogP contribution < -0.4 is 5.73 Å². The van der Waals surface area contributed by atoms with E-state index in [0.717, 1.165) is 12.1 Å². The number of nitrogen functional groups attached to an aromatic ring is 1. The summed E-state index contributed by atoms with van der Waals surface area (Å²) in [7, 11) is 0. The summed E-state index contributed by atoms with van der Waals surface area (Å²) in [5, 5.41) is 2.07. The Morgan fingerprint density at radius 2 is 2.05 bits per heavy atom. The lowest BCUT2D eigenvalue weighted by molar-refractivity contribution is 0.206. The van der Waals surface area contributed by atoms with E-state index in [4.69, 9.17) is 5.73 Å². The van der Waals surface area contributed by atoms with Crippen LogP contribution in [0, 0.1) is 5.82 Å². The lowest BCUT2D eigenvalue weighted by Crippen LogP contribution is -2.29. The van der Waals surface area contributed by atoms with E-state index in [2.05, 4.69) is 36.3 Å². The van der Waals surface area contributed by atoms with Crippen LogP contribution in [0.4, 0.5) is 10.1 Å². The standard InChI is InChI=1S/C15H19FN2S/c1-11(2)18(10-14-4-3-7-19-14)9-12-8-13(16)5-6-15(12)17/h3-8,11H,9-10,17H2,1-2H3. The van der Waals surface area contributed by atoms with Gasteiger partial charge in [0.05, 0.1) is 0 Å². The Labute approximate surface area is 117 Å². The minimum absolute atomic E-state index is 0.232. The second-order valence-electron chi connectivity index (χ2n) is 4.92. The SMILES string of the molecule is CC(C)N(Cc1cccs1)Cc1cc(F)ccc1N. The van der Waals surface area contributed by atoms with Crippen LogP contribution in [-0.2, 0) is 13.1 Å². The van der Waals surface area contributed by atoms with E-state index in [1.165, 1.54) is 17.0 Å². The third-order valence-corrected chi connectivity index (χ3v) is 4.01. The Bertz CT molecular complexity index is 523. The average molecular weight is 278 g/mol. The fourth-order valence-electron chi connectivity index (χ4n) is 1.95. The number of nitrogens with two attached hydrogens (primary N) is 1. The molecule has 4 heteroatoms. The van der Waals surface area contributed by atoms with Crippen molar-refractivity contribution in [1.29, 1.82) is 0 Å². The highest BCUT2D eigenvalue weighted by atomic mass is 32.1. The van der Waals surface area contributed by atoms with Gasteiger partial charge in [-0.1, -0.05) is 6.07 Å². The predicted molar refractivity (Wildman–Crippen MR) is 79.5 cm³/mol. The first-order valence-corrected chi connectivity index (χ1v) is 7.24. The van der Waals surface area contributed by atoms with Crippen molar-refractivity contribution in [3.05, 3.63) is 52.0 Å². The normalized spacial score (nSPS) is 11.4. The van der Waals surface area contributed by atoms with E-state index in [-0.39, 0.29) is 5.82 Å². The molecule has 0 aliphatic rings. The van der Waals surface area contributed by atoms with E-state index in [1.54, 1.807) is 17.4 Å². The zero-order valence-electron chi connectivity index (χ0n) is 11.3. The number of hydrogen-bond acceptors (Lipinski definition) is 3. The van der Waals surface area contributed by atoms with E-state index >= 15 is 0 Å². The van der Waals surface area contributed by atoms with Crippen molar-refractivity contribution in [3.63, 3.8) is 0 Å². The number of benzene rings is 1. The van der Waals surface area contributed by atoms with Gasteiger partial charge in [0.15, 0.2) is 0 Å². The maximum atomic E-state index is 13.3. The van der Waals surface area contributed by atoms with Crippen molar-refractivity contribution in [2.45, 2.75) is 33.0 Å². The van der Waals surface area contributed by atoms with Crippen LogP contribution in [-0.4, -0.2) is 10.9 Å². The molecule has 0 saturated carbocycles. The molecule has 0 unspecified atom stereocenters. The van der Waals surface area contributed by atoms with Crippen molar-refractivity contribution >= 4 is 17.0 Å². The third kappa shape index (κ3) is 3.78. The lowest BCUT2D eigenvalue weighted by atomic mass is 10.1. The third-order valence-electron chi connectivity index (χ3n) is 3.15. The molecule has 102 valence electrons. The molecule has 2 rings (SSSR count). The first-order chi connectivity index (χ1) is 9.06. The van der Waals surface area contributed by atoms with Gasteiger partial charge in [0, 0.05) is 29.7 Å². The van der Waals surface area contributed by atoms with Crippen molar-refractivity contribution in [2.24, 2.45) is 0 Å². The van der Waals surface area contributed by atoms with Crippen molar-refractivity contribution < 1.29 is 4.39 Å². The molecule has 0 aliphatic carbocycles. The fourth-order valence-corrected chi connectivity index (χ4v) is 2.68. The molecule has 0 bridgehead atoms. The van der Waals surface area contributed by atoms with Crippen molar-refractivity contribution in [1.82, 2.24) is 4.90 Å². The Hall–Kier alpha value is -1.39. The van der Waals surface area contributed by atoms with Gasteiger partial charge in [-0.2, -0.15) is 0 Å². The highest BCUT2D eigenvalue weighted by Crippen LogP contribution is 2.20. The van der Waals surface area contributed by atoms with Crippen LogP contribution in [0.3, 0.4) is 0 Å². The van der Waals surface area contributed by atoms with Gasteiger partial charge in [0.25, 0.3) is 0 Å². The molecule has 19 heavy (non-hydrogen) atoms. The molecule has 2 nitrogen and oxygen atoms in total. The highest BCUT2D eigenvalue weighted by Gasteiger charge is 2.13. The summed E-state index contributed by atoms with van der Waals surface area (Å²) in [6.07, 6.45) is 0. The van der Waals surface area contributed by atoms with Crippen LogP contribution in [0.1, 0.15) is 24.3 Å². The summed E-state index contributed by atoms with van der Waals surface area (Å²) in [5.74, 6) is -0.232. The zero-order valence-corrected chi connectivity index (χ0v) is 12.1. The number of anilines is 1. The van der Waals surface area contributed by atoms with Gasteiger partial charge in [-0.3, -0.25) is 4.90 Å². The fraction of sp³-hybridized carbons (Fsp3) is 0.333. The molecule has 0 radical (unpaired) electrons. The predicted octanol–water partition coefficient (Wildman–Crippen LogP) is 3.88. The van der Waals surface area contributed by atoms with Gasteiger partial charge in [-0.15, -0.1) is 11.3 Å². The van der Waals surface area contributed by atoms with E-state index in [0.29, 0.717) is 18.3 Å². The number of hydrogen-bond donors (Lipinski definition) is 1. The first kappa shape index (κ1) is 14.0. The van der Waals surface area contributed by atoms with Gasteiger partial charge in [0.2, 0.25) is 0 Å². The minimum atomic E-state index is -0.232. The molecule has 0 aliphatic heterocycles. The number of nitrogens with zero attached hydrogens (tertiary/aromatic N) is 1. The molecule has 0 atom stereocenters. The Balaban J connectivity index is 2.14. The molecule has 1 aromatic carbocycles. The molecule has 2 N–H and O–H groups in total. The summed E-state index contributed by atoms with van der Waals surface area (Å²) < 4.78 is 13.3. The molecule has 0 saturated heterocycles. The molecule has 2 aromatic rings. The highest BCUT2D eigenvalue weighted by molar-refractivity contribution is 7.09. The quantitative estimate of drug-likeness (QED) is 0.841. The summed E-state index contributed by atoms with van der Waals surface area (Å²) in [6.45, 7) is 5.82. The number of rotatable bonds is 5. The molecular weight excluding hydrogens is 259 g/mol. The Morgan fingerprint density at radius 1 is 1.26 bits per heavy atom. The largest absolute Gasteiger partial charge is 0.398 e. The van der Waals surface area contributed by atoms with E-state index in [9.17, 15) is 4.39 Å². The molecule has 0 spiro atoms. The van der Waals surface area contributed by atoms with Gasteiger partial charge in [-0.05, 0) is 49.1 Å². The molecular formula is C15H19FN2S. The smallest absolute Gasteiger partial charge is 0.123 e. The summed E-state index contributed by atoms with van der Waals surface area (Å²) in [5.41, 5.74) is 7.42. The molecule has 1 aromatic heterocycles. The van der Waals surface area contributed by atoms with Crippen LogP contribution in [0.15, 0.2) is 35.7 Å². The van der Waals surface area contributed by atoms with Crippen LogP contribution in [0.25, 0.3) is 0 Å². The number of halogens is 1. The monoisotopic (exact) mass is 278 g/mol. The summed E-state index contributed by atoms with van der Waals surface area (Å²) in [6, 6.07) is 9.11. The Kier molecular flexibility index (Phi) is 4.56. The van der Waals surface area contributed by atoms with Gasteiger partial charge in [-0.25, -0.2) is 4.39 Å².